The van der Waals surface area contributed by atoms with Crippen LogP contribution in [0.15, 0.2) is 36.7 Å². The van der Waals surface area contributed by atoms with Gasteiger partial charge in [0.15, 0.2) is 0 Å². The Hall–Kier alpha value is -2.42. The quantitative estimate of drug-likeness (QED) is 0.709. The van der Waals surface area contributed by atoms with E-state index in [0.717, 1.165) is 37.8 Å². The third-order valence-corrected chi connectivity index (χ3v) is 4.32. The lowest BCUT2D eigenvalue weighted by atomic mass is 10.1. The molecule has 1 amide bonds. The topological polar surface area (TPSA) is 92.3 Å². The lowest BCUT2D eigenvalue weighted by Crippen LogP contribution is -2.32. The van der Waals surface area contributed by atoms with Gasteiger partial charge in [0.05, 0.1) is 17.5 Å². The molecule has 9 heteroatoms. The number of pyridine rings is 2. The van der Waals surface area contributed by atoms with Crippen molar-refractivity contribution in [3.05, 3.63) is 42.2 Å². The summed E-state index contributed by atoms with van der Waals surface area (Å²) in [7, 11) is -3.63. The van der Waals surface area contributed by atoms with Gasteiger partial charge in [0, 0.05) is 39.5 Å². The van der Waals surface area contributed by atoms with Crippen molar-refractivity contribution < 1.29 is 13.2 Å². The van der Waals surface area contributed by atoms with Gasteiger partial charge < -0.3 is 4.90 Å². The van der Waals surface area contributed by atoms with Gasteiger partial charge in [0.2, 0.25) is 10.0 Å². The highest BCUT2D eigenvalue weighted by Crippen LogP contribution is 2.26. The first-order valence-corrected chi connectivity index (χ1v) is 12.5. The second-order valence-electron chi connectivity index (χ2n) is 5.71. The molecule has 1 aliphatic rings. The number of carbonyl (C=O) groups excluding carboxylic acids is 1. The van der Waals surface area contributed by atoms with E-state index in [0.29, 0.717) is 11.5 Å². The van der Waals surface area contributed by atoms with E-state index >= 15 is 0 Å². The molecule has 0 bridgehead atoms. The Bertz CT molecular complexity index is 856. The Labute approximate surface area is 190 Å². The van der Waals surface area contributed by atoms with Crippen LogP contribution >= 0.6 is 0 Å². The first-order valence-electron chi connectivity index (χ1n) is 10.6. The van der Waals surface area contributed by atoms with Crippen LogP contribution in [0, 0.1) is 0 Å². The van der Waals surface area contributed by atoms with Gasteiger partial charge >= 0.3 is 0 Å². The Morgan fingerprint density at radius 2 is 1.58 bits per heavy atom. The average Bonchev–Trinajstić information content (AvgIpc) is 3.32. The third-order valence-electron chi connectivity index (χ3n) is 3.76. The van der Waals surface area contributed by atoms with Crippen molar-refractivity contribution in [1.29, 1.82) is 0 Å². The summed E-state index contributed by atoms with van der Waals surface area (Å²) in [5.41, 5.74) is 1.80. The molecule has 3 rings (SSSR count). The standard InChI is InChI=1S/C16H18N4O3S.3C2H6.B/c1-24(22,23)19-16(21)13-6-7-14(12-5-4-8-17-11-12)18-15(13)20-9-2-3-10-20;3*1-2;/h4-8,11H,2-3,9-10H2,1H3,(H,19,21);3*1-2H3;. The number of hydrogen-bond donors (Lipinski definition) is 1. The molecule has 0 aliphatic carbocycles. The number of rotatable bonds is 4. The maximum Gasteiger partial charge on any atom is 0.268 e. The van der Waals surface area contributed by atoms with E-state index in [2.05, 4.69) is 9.97 Å². The van der Waals surface area contributed by atoms with Gasteiger partial charge in [-0.1, -0.05) is 41.5 Å². The monoisotopic (exact) mass is 447 g/mol. The fourth-order valence-electron chi connectivity index (χ4n) is 2.69. The zero-order valence-electron chi connectivity index (χ0n) is 19.8. The highest BCUT2D eigenvalue weighted by atomic mass is 32.2. The summed E-state index contributed by atoms with van der Waals surface area (Å²) in [5, 5.41) is 0. The van der Waals surface area contributed by atoms with Crippen LogP contribution in [0.5, 0.6) is 0 Å². The molecule has 1 aliphatic heterocycles. The lowest BCUT2D eigenvalue weighted by Gasteiger charge is -2.20. The van der Waals surface area contributed by atoms with Crippen LogP contribution in [0.4, 0.5) is 5.82 Å². The van der Waals surface area contributed by atoms with Crippen molar-refractivity contribution >= 4 is 30.2 Å². The zero-order valence-corrected chi connectivity index (χ0v) is 20.7. The van der Waals surface area contributed by atoms with Crippen LogP contribution in [0.2, 0.25) is 0 Å². The Balaban J connectivity index is 0. The molecule has 0 aromatic carbocycles. The minimum atomic E-state index is -3.63. The molecule has 3 radical (unpaired) electrons. The summed E-state index contributed by atoms with van der Waals surface area (Å²) in [6.07, 6.45) is 6.38. The van der Waals surface area contributed by atoms with Crippen LogP contribution in [0.25, 0.3) is 11.3 Å². The first-order chi connectivity index (χ1) is 14.4. The molecule has 7 nitrogen and oxygen atoms in total. The number of anilines is 1. The van der Waals surface area contributed by atoms with Crippen LogP contribution < -0.4 is 9.62 Å². The normalized spacial score (nSPS) is 11.9. The maximum atomic E-state index is 12.3. The van der Waals surface area contributed by atoms with E-state index in [1.807, 2.05) is 63.3 Å². The summed E-state index contributed by atoms with van der Waals surface area (Å²) in [5.74, 6) is -0.153. The largest absolute Gasteiger partial charge is 0.356 e. The molecule has 1 fully saturated rings. The second kappa shape index (κ2) is 16.3. The van der Waals surface area contributed by atoms with Crippen molar-refractivity contribution in [3.63, 3.8) is 0 Å². The minimum absolute atomic E-state index is 0. The molecule has 0 saturated carbocycles. The maximum absolute atomic E-state index is 12.3. The van der Waals surface area contributed by atoms with Gasteiger partial charge in [-0.25, -0.2) is 18.1 Å². The number of hydrogen-bond acceptors (Lipinski definition) is 6. The Morgan fingerprint density at radius 3 is 2.06 bits per heavy atom. The van der Waals surface area contributed by atoms with Crippen molar-refractivity contribution in [3.8, 4) is 11.3 Å². The summed E-state index contributed by atoms with van der Waals surface area (Å²) < 4.78 is 24.7. The van der Waals surface area contributed by atoms with Gasteiger partial charge in [0.25, 0.3) is 5.91 Å². The highest BCUT2D eigenvalue weighted by Gasteiger charge is 2.23. The molecule has 2 aromatic heterocycles. The van der Waals surface area contributed by atoms with Crippen molar-refractivity contribution in [2.75, 3.05) is 24.2 Å². The summed E-state index contributed by atoms with van der Waals surface area (Å²) in [4.78, 5) is 23.0. The molecule has 3 heterocycles. The van der Waals surface area contributed by atoms with Crippen LogP contribution in [-0.4, -0.2) is 52.1 Å². The molecule has 2 aromatic rings. The van der Waals surface area contributed by atoms with E-state index in [1.165, 1.54) is 0 Å². The second-order valence-corrected chi connectivity index (χ2v) is 7.46. The number of aromatic nitrogens is 2. The van der Waals surface area contributed by atoms with E-state index < -0.39 is 15.9 Å². The SMILES string of the molecule is CC.CC.CC.CS(=O)(=O)NC(=O)c1ccc(-c2cccnc2)nc1N1CCCC1.[B]. The first kappa shape index (κ1) is 30.8. The predicted molar refractivity (Wildman–Crippen MR) is 131 cm³/mol. The molecule has 31 heavy (non-hydrogen) atoms. The van der Waals surface area contributed by atoms with E-state index in [4.69, 9.17) is 0 Å². The zero-order chi connectivity index (χ0) is 23.2. The van der Waals surface area contributed by atoms with Crippen LogP contribution in [0.1, 0.15) is 64.7 Å². The van der Waals surface area contributed by atoms with E-state index in [9.17, 15) is 13.2 Å². The Morgan fingerprint density at radius 1 is 1.00 bits per heavy atom. The average molecular weight is 447 g/mol. The number of amides is 1. The fraction of sp³-hybridized carbons (Fsp3) is 0.500. The fourth-order valence-corrected chi connectivity index (χ4v) is 3.14. The number of nitrogens with zero attached hydrogens (tertiary/aromatic N) is 3. The molecule has 1 N–H and O–H groups in total. The lowest BCUT2D eigenvalue weighted by molar-refractivity contribution is 0.0982. The number of carbonyl (C=O) groups is 1. The van der Waals surface area contributed by atoms with Gasteiger partial charge in [-0.2, -0.15) is 0 Å². The van der Waals surface area contributed by atoms with Crippen molar-refractivity contribution in [2.45, 2.75) is 54.4 Å². The molecule has 0 unspecified atom stereocenters. The predicted octanol–water partition coefficient (Wildman–Crippen LogP) is 4.13. The molecule has 171 valence electrons. The molecule has 0 atom stereocenters. The molecular formula is C22H36BN4O3S. The molecule has 0 spiro atoms. The number of nitrogens with one attached hydrogen (secondary N) is 1. The summed E-state index contributed by atoms with van der Waals surface area (Å²) >= 11 is 0. The van der Waals surface area contributed by atoms with E-state index in [1.54, 1.807) is 24.5 Å². The number of sulfonamides is 1. The van der Waals surface area contributed by atoms with Crippen molar-refractivity contribution in [2.24, 2.45) is 0 Å². The molecule has 1 saturated heterocycles. The molecular weight excluding hydrogens is 411 g/mol. The minimum Gasteiger partial charge on any atom is -0.356 e. The van der Waals surface area contributed by atoms with Gasteiger partial charge in [-0.15, -0.1) is 0 Å². The smallest absolute Gasteiger partial charge is 0.268 e. The van der Waals surface area contributed by atoms with Gasteiger partial charge in [-0.05, 0) is 37.1 Å². The van der Waals surface area contributed by atoms with E-state index in [-0.39, 0.29) is 14.0 Å². The van der Waals surface area contributed by atoms with Gasteiger partial charge in [-0.3, -0.25) is 9.78 Å². The van der Waals surface area contributed by atoms with Crippen LogP contribution in [-0.2, 0) is 10.0 Å². The highest BCUT2D eigenvalue weighted by molar-refractivity contribution is 7.89. The van der Waals surface area contributed by atoms with Gasteiger partial charge in [0.1, 0.15) is 5.82 Å². The Kier molecular flexibility index (Phi) is 16.2. The summed E-state index contributed by atoms with van der Waals surface area (Å²) in [6.45, 7) is 13.6. The summed E-state index contributed by atoms with van der Waals surface area (Å²) in [6, 6.07) is 7.02. The third kappa shape index (κ3) is 9.96. The van der Waals surface area contributed by atoms with Crippen molar-refractivity contribution in [1.82, 2.24) is 14.7 Å². The van der Waals surface area contributed by atoms with Crippen LogP contribution in [0.3, 0.4) is 0 Å².